The fraction of sp³-hybridized carbons (Fsp3) is 0.350. The summed E-state index contributed by atoms with van der Waals surface area (Å²) in [5, 5.41) is 0. The Morgan fingerprint density at radius 1 is 0.929 bits per heavy atom. The molecule has 0 bridgehead atoms. The molecule has 0 unspecified atom stereocenters. The molecule has 1 fully saturated rings. The van der Waals surface area contributed by atoms with Crippen LogP contribution in [0.15, 0.2) is 42.5 Å². The molecule has 3 rings (SSSR count). The number of anilines is 1. The minimum absolute atomic E-state index is 0.250. The van der Waals surface area contributed by atoms with Crippen LogP contribution >= 0.6 is 0 Å². The van der Waals surface area contributed by atoms with Crippen LogP contribution < -0.4 is 14.4 Å². The molecule has 2 aromatic rings. The number of methoxy groups -OCH3 is 2. The van der Waals surface area contributed by atoms with Gasteiger partial charge in [0.25, 0.3) is 5.91 Å². The molecule has 1 saturated heterocycles. The van der Waals surface area contributed by atoms with Crippen molar-refractivity contribution in [2.75, 3.05) is 45.3 Å². The molecule has 1 aliphatic rings. The summed E-state index contributed by atoms with van der Waals surface area (Å²) < 4.78 is 48.7. The Hall–Kier alpha value is -2.90. The summed E-state index contributed by atoms with van der Waals surface area (Å²) in [5.74, 6) is 1.15. The van der Waals surface area contributed by atoms with Crippen molar-refractivity contribution in [1.82, 2.24) is 4.90 Å². The van der Waals surface area contributed by atoms with Crippen molar-refractivity contribution >= 4 is 11.6 Å². The average Bonchev–Trinajstić information content (AvgIpc) is 2.72. The largest absolute Gasteiger partial charge is 0.497 e. The summed E-state index contributed by atoms with van der Waals surface area (Å²) in [6.45, 7) is 2.08. The zero-order valence-corrected chi connectivity index (χ0v) is 15.6. The number of benzene rings is 2. The van der Waals surface area contributed by atoms with Gasteiger partial charge in [-0.15, -0.1) is 0 Å². The Morgan fingerprint density at radius 2 is 1.57 bits per heavy atom. The molecule has 0 saturated carbocycles. The van der Waals surface area contributed by atoms with E-state index in [1.54, 1.807) is 19.1 Å². The van der Waals surface area contributed by atoms with Crippen LogP contribution in [-0.2, 0) is 6.18 Å². The summed E-state index contributed by atoms with van der Waals surface area (Å²) in [6, 6.07) is 9.84. The van der Waals surface area contributed by atoms with Gasteiger partial charge in [0.2, 0.25) is 0 Å². The van der Waals surface area contributed by atoms with Crippen molar-refractivity contribution in [3.05, 3.63) is 53.6 Å². The van der Waals surface area contributed by atoms with Crippen LogP contribution in [0.5, 0.6) is 11.5 Å². The molecule has 0 spiro atoms. The molecule has 150 valence electrons. The summed E-state index contributed by atoms with van der Waals surface area (Å²) >= 11 is 0. The number of rotatable bonds is 4. The van der Waals surface area contributed by atoms with Crippen molar-refractivity contribution in [3.63, 3.8) is 0 Å². The molecule has 5 nitrogen and oxygen atoms in total. The first kappa shape index (κ1) is 19.9. The minimum Gasteiger partial charge on any atom is -0.497 e. The third-order valence-electron chi connectivity index (χ3n) is 4.75. The van der Waals surface area contributed by atoms with Crippen LogP contribution in [0, 0.1) is 0 Å². The number of piperazine rings is 1. The minimum atomic E-state index is -4.41. The maximum Gasteiger partial charge on any atom is 0.416 e. The highest BCUT2D eigenvalue weighted by molar-refractivity contribution is 5.94. The van der Waals surface area contributed by atoms with Crippen molar-refractivity contribution in [1.29, 1.82) is 0 Å². The van der Waals surface area contributed by atoms with Crippen LogP contribution in [-0.4, -0.2) is 51.2 Å². The van der Waals surface area contributed by atoms with E-state index in [-0.39, 0.29) is 11.5 Å². The lowest BCUT2D eigenvalue weighted by atomic mass is 10.1. The zero-order valence-electron chi connectivity index (χ0n) is 15.6. The summed E-state index contributed by atoms with van der Waals surface area (Å²) in [4.78, 5) is 16.3. The van der Waals surface area contributed by atoms with Gasteiger partial charge in [-0.25, -0.2) is 0 Å². The van der Waals surface area contributed by atoms with Gasteiger partial charge in [0.1, 0.15) is 11.5 Å². The summed E-state index contributed by atoms with van der Waals surface area (Å²) in [7, 11) is 3.18. The predicted molar refractivity (Wildman–Crippen MR) is 99.1 cm³/mol. The normalized spacial score (nSPS) is 14.8. The van der Waals surface area contributed by atoms with Gasteiger partial charge in [-0.3, -0.25) is 4.79 Å². The molecule has 0 aliphatic carbocycles. The molecule has 8 heteroatoms. The van der Waals surface area contributed by atoms with Gasteiger partial charge in [0.05, 0.1) is 25.5 Å². The number of amides is 1. The number of nitrogens with zero attached hydrogens (tertiary/aromatic N) is 2. The van der Waals surface area contributed by atoms with Crippen LogP contribution in [0.1, 0.15) is 15.9 Å². The fourth-order valence-corrected chi connectivity index (χ4v) is 3.18. The highest BCUT2D eigenvalue weighted by atomic mass is 19.4. The lowest BCUT2D eigenvalue weighted by molar-refractivity contribution is -0.137. The number of alkyl halides is 3. The molecule has 1 heterocycles. The van der Waals surface area contributed by atoms with Gasteiger partial charge in [0, 0.05) is 37.8 Å². The van der Waals surface area contributed by atoms with E-state index in [0.29, 0.717) is 37.7 Å². The van der Waals surface area contributed by atoms with Crippen molar-refractivity contribution in [3.8, 4) is 11.5 Å². The third kappa shape index (κ3) is 4.16. The fourth-order valence-electron chi connectivity index (χ4n) is 3.18. The molecule has 28 heavy (non-hydrogen) atoms. The molecular weight excluding hydrogens is 373 g/mol. The van der Waals surface area contributed by atoms with Crippen molar-refractivity contribution < 1.29 is 27.4 Å². The third-order valence-corrected chi connectivity index (χ3v) is 4.75. The Morgan fingerprint density at radius 3 is 2.11 bits per heavy atom. The molecule has 0 aromatic heterocycles. The van der Waals surface area contributed by atoms with Gasteiger partial charge in [-0.1, -0.05) is 0 Å². The van der Waals surface area contributed by atoms with E-state index in [1.165, 1.54) is 12.1 Å². The van der Waals surface area contributed by atoms with E-state index in [4.69, 9.17) is 9.47 Å². The highest BCUT2D eigenvalue weighted by Crippen LogP contribution is 2.33. The Balaban J connectivity index is 1.68. The highest BCUT2D eigenvalue weighted by Gasteiger charge is 2.31. The number of halogens is 3. The Bertz CT molecular complexity index is 830. The first-order valence-electron chi connectivity index (χ1n) is 8.77. The molecule has 0 N–H and O–H groups in total. The van der Waals surface area contributed by atoms with E-state index in [9.17, 15) is 18.0 Å². The van der Waals surface area contributed by atoms with Gasteiger partial charge >= 0.3 is 6.18 Å². The zero-order chi connectivity index (χ0) is 20.3. The van der Waals surface area contributed by atoms with Gasteiger partial charge in [-0.2, -0.15) is 13.2 Å². The van der Waals surface area contributed by atoms with E-state index in [1.807, 2.05) is 18.2 Å². The van der Waals surface area contributed by atoms with Crippen molar-refractivity contribution in [2.45, 2.75) is 6.18 Å². The van der Waals surface area contributed by atoms with Gasteiger partial charge in [-0.05, 0) is 36.4 Å². The topological polar surface area (TPSA) is 42.0 Å². The standard InChI is InChI=1S/C20H21F3N2O3/c1-27-16-7-8-18(28-2)17(13-16)24-9-11-25(12-10-24)19(26)14-3-5-15(6-4-14)20(21,22)23/h3-8,13H,9-12H2,1-2H3. The summed E-state index contributed by atoms with van der Waals surface area (Å²) in [6.07, 6.45) is -4.41. The van der Waals surface area contributed by atoms with Crippen LogP contribution in [0.2, 0.25) is 0 Å². The Labute approximate surface area is 161 Å². The second-order valence-electron chi connectivity index (χ2n) is 6.39. The first-order valence-corrected chi connectivity index (χ1v) is 8.77. The molecule has 1 aliphatic heterocycles. The molecule has 0 radical (unpaired) electrons. The summed E-state index contributed by atoms with van der Waals surface area (Å²) in [5.41, 5.74) is 0.364. The van der Waals surface area contributed by atoms with Gasteiger partial charge < -0.3 is 19.3 Å². The maximum absolute atomic E-state index is 12.7. The lowest BCUT2D eigenvalue weighted by Gasteiger charge is -2.36. The smallest absolute Gasteiger partial charge is 0.416 e. The monoisotopic (exact) mass is 394 g/mol. The number of hydrogen-bond donors (Lipinski definition) is 0. The number of carbonyl (C=O) groups is 1. The number of ether oxygens (including phenoxy) is 2. The second kappa shape index (κ2) is 8.00. The molecular formula is C20H21F3N2O3. The lowest BCUT2D eigenvalue weighted by Crippen LogP contribution is -2.48. The molecule has 0 atom stereocenters. The number of hydrogen-bond acceptors (Lipinski definition) is 4. The van der Waals surface area contributed by atoms with E-state index in [0.717, 1.165) is 17.8 Å². The van der Waals surface area contributed by atoms with Crippen LogP contribution in [0.4, 0.5) is 18.9 Å². The molecule has 2 aromatic carbocycles. The second-order valence-corrected chi connectivity index (χ2v) is 6.39. The molecule has 1 amide bonds. The predicted octanol–water partition coefficient (Wildman–Crippen LogP) is 3.69. The average molecular weight is 394 g/mol. The first-order chi connectivity index (χ1) is 13.3. The van der Waals surface area contributed by atoms with E-state index >= 15 is 0 Å². The SMILES string of the molecule is COc1ccc(OC)c(N2CCN(C(=O)c3ccc(C(F)(F)F)cc3)CC2)c1. The van der Waals surface area contributed by atoms with Crippen LogP contribution in [0.25, 0.3) is 0 Å². The van der Waals surface area contributed by atoms with Crippen molar-refractivity contribution in [2.24, 2.45) is 0 Å². The van der Waals surface area contributed by atoms with E-state index < -0.39 is 11.7 Å². The van der Waals surface area contributed by atoms with E-state index in [2.05, 4.69) is 4.90 Å². The number of carbonyl (C=O) groups excluding carboxylic acids is 1. The Kier molecular flexibility index (Phi) is 5.67. The maximum atomic E-state index is 12.7. The van der Waals surface area contributed by atoms with Crippen LogP contribution in [0.3, 0.4) is 0 Å². The van der Waals surface area contributed by atoms with Gasteiger partial charge in [0.15, 0.2) is 0 Å². The quantitative estimate of drug-likeness (QED) is 0.793.